The molecule has 0 aliphatic carbocycles. The summed E-state index contributed by atoms with van der Waals surface area (Å²) < 4.78 is 11.0. The Balaban J connectivity index is 1.82. The third-order valence-corrected chi connectivity index (χ3v) is 4.18. The van der Waals surface area contributed by atoms with Crippen molar-refractivity contribution in [1.29, 1.82) is 0 Å². The zero-order valence-electron chi connectivity index (χ0n) is 15.4. The number of imide groups is 1. The second-order valence-corrected chi connectivity index (χ2v) is 8.39. The molecule has 27 heavy (non-hydrogen) atoms. The summed E-state index contributed by atoms with van der Waals surface area (Å²) in [4.78, 5) is 23.8. The number of aromatic nitrogens is 2. The summed E-state index contributed by atoms with van der Waals surface area (Å²) in [6.45, 7) is 7.19. The van der Waals surface area contributed by atoms with Crippen molar-refractivity contribution in [3.05, 3.63) is 35.2 Å². The molecule has 0 spiro atoms. The Kier molecular flexibility index (Phi) is 7.09. The van der Waals surface area contributed by atoms with E-state index in [2.05, 4.69) is 20.8 Å². The number of urea groups is 1. The third-order valence-electron chi connectivity index (χ3n) is 3.00. The number of amides is 3. The Morgan fingerprint density at radius 3 is 2.56 bits per heavy atom. The predicted molar refractivity (Wildman–Crippen MR) is 102 cm³/mol. The number of nitrogens with one attached hydrogen (secondary N) is 2. The van der Waals surface area contributed by atoms with E-state index in [4.69, 9.17) is 20.8 Å². The van der Waals surface area contributed by atoms with Crippen LogP contribution in [0.5, 0.6) is 5.75 Å². The Hall–Kier alpha value is -2.26. The van der Waals surface area contributed by atoms with E-state index < -0.39 is 22.7 Å². The SMILES string of the molecule is C[C@@H](Sc1nnc(COc2ccc(Cl)cc2)o1)C(=O)NC(=O)NC(C)(C)C. The molecule has 0 saturated heterocycles. The first-order chi connectivity index (χ1) is 12.6. The molecule has 146 valence electrons. The van der Waals surface area contributed by atoms with E-state index in [1.165, 1.54) is 0 Å². The predicted octanol–water partition coefficient (Wildman–Crippen LogP) is 3.41. The van der Waals surface area contributed by atoms with E-state index in [0.29, 0.717) is 10.8 Å². The van der Waals surface area contributed by atoms with Gasteiger partial charge in [-0.2, -0.15) is 0 Å². The molecule has 0 radical (unpaired) electrons. The van der Waals surface area contributed by atoms with E-state index in [-0.39, 0.29) is 17.7 Å². The van der Waals surface area contributed by atoms with Crippen LogP contribution in [0.4, 0.5) is 4.79 Å². The second-order valence-electron chi connectivity index (χ2n) is 6.66. The van der Waals surface area contributed by atoms with E-state index in [0.717, 1.165) is 11.8 Å². The molecule has 2 rings (SSSR count). The number of hydrogen-bond donors (Lipinski definition) is 2. The molecule has 1 heterocycles. The fraction of sp³-hybridized carbons (Fsp3) is 0.412. The fourth-order valence-corrected chi connectivity index (χ4v) is 2.64. The Bertz CT molecular complexity index is 789. The molecule has 1 aromatic carbocycles. The van der Waals surface area contributed by atoms with Crippen LogP contribution >= 0.6 is 23.4 Å². The van der Waals surface area contributed by atoms with E-state index in [1.807, 2.05) is 20.8 Å². The van der Waals surface area contributed by atoms with Crippen LogP contribution in [0.2, 0.25) is 5.02 Å². The molecule has 0 aliphatic rings. The number of thioether (sulfide) groups is 1. The van der Waals surface area contributed by atoms with Crippen LogP contribution < -0.4 is 15.4 Å². The van der Waals surface area contributed by atoms with Crippen LogP contribution in [0.15, 0.2) is 33.9 Å². The number of rotatable bonds is 6. The molecular weight excluding hydrogens is 392 g/mol. The minimum atomic E-state index is -0.596. The molecule has 0 bridgehead atoms. The van der Waals surface area contributed by atoms with Crippen molar-refractivity contribution < 1.29 is 18.7 Å². The van der Waals surface area contributed by atoms with Gasteiger partial charge in [0.15, 0.2) is 6.61 Å². The minimum absolute atomic E-state index is 0.0871. The highest BCUT2D eigenvalue weighted by Gasteiger charge is 2.22. The summed E-state index contributed by atoms with van der Waals surface area (Å²) >= 11 is 6.86. The monoisotopic (exact) mass is 412 g/mol. The lowest BCUT2D eigenvalue weighted by Crippen LogP contribution is -2.49. The molecule has 8 nitrogen and oxygen atoms in total. The van der Waals surface area contributed by atoms with Gasteiger partial charge in [-0.1, -0.05) is 23.4 Å². The number of carbonyl (C=O) groups is 2. The first-order valence-corrected chi connectivity index (χ1v) is 9.38. The standard InChI is InChI=1S/C17H21ClN4O4S/c1-10(14(23)19-15(24)20-17(2,3)4)27-16-22-21-13(26-16)9-25-12-7-5-11(18)6-8-12/h5-8,10H,9H2,1-4H3,(H2,19,20,23,24)/t10-/m1/s1. The lowest BCUT2D eigenvalue weighted by molar-refractivity contribution is -0.119. The number of hydrogen-bond acceptors (Lipinski definition) is 7. The van der Waals surface area contributed by atoms with Crippen molar-refractivity contribution in [2.75, 3.05) is 0 Å². The summed E-state index contributed by atoms with van der Waals surface area (Å²) in [5.41, 5.74) is -0.438. The number of carbonyl (C=O) groups excluding carboxylic acids is 2. The maximum atomic E-state index is 12.1. The fourth-order valence-electron chi connectivity index (χ4n) is 1.81. The van der Waals surface area contributed by atoms with Gasteiger partial charge in [0.25, 0.3) is 11.1 Å². The van der Waals surface area contributed by atoms with Crippen molar-refractivity contribution in [3.8, 4) is 5.75 Å². The van der Waals surface area contributed by atoms with Gasteiger partial charge in [0.1, 0.15) is 5.75 Å². The maximum Gasteiger partial charge on any atom is 0.321 e. The van der Waals surface area contributed by atoms with Gasteiger partial charge in [-0.05, 0) is 52.0 Å². The van der Waals surface area contributed by atoms with Gasteiger partial charge in [0, 0.05) is 10.6 Å². The van der Waals surface area contributed by atoms with Crippen LogP contribution in [0.3, 0.4) is 0 Å². The summed E-state index contributed by atoms with van der Waals surface area (Å²) in [5, 5.41) is 12.9. The number of nitrogens with zero attached hydrogens (tertiary/aromatic N) is 2. The molecule has 1 aromatic heterocycles. The van der Waals surface area contributed by atoms with Gasteiger partial charge < -0.3 is 14.5 Å². The van der Waals surface area contributed by atoms with Crippen LogP contribution in [0, 0.1) is 0 Å². The van der Waals surface area contributed by atoms with Gasteiger partial charge in [-0.25, -0.2) is 4.79 Å². The molecule has 0 saturated carbocycles. The van der Waals surface area contributed by atoms with Crippen molar-refractivity contribution in [2.24, 2.45) is 0 Å². The van der Waals surface area contributed by atoms with E-state index in [9.17, 15) is 9.59 Å². The highest BCUT2D eigenvalue weighted by atomic mass is 35.5. The number of ether oxygens (including phenoxy) is 1. The highest BCUT2D eigenvalue weighted by molar-refractivity contribution is 8.00. The number of benzene rings is 1. The molecule has 3 amide bonds. The summed E-state index contributed by atoms with van der Waals surface area (Å²) in [6.07, 6.45) is 0. The molecule has 0 fully saturated rings. The quantitative estimate of drug-likeness (QED) is 0.700. The molecule has 0 aliphatic heterocycles. The molecule has 0 unspecified atom stereocenters. The average molecular weight is 413 g/mol. The van der Waals surface area contributed by atoms with Crippen molar-refractivity contribution in [2.45, 2.75) is 50.3 Å². The van der Waals surface area contributed by atoms with Crippen LogP contribution in [0.25, 0.3) is 0 Å². The largest absolute Gasteiger partial charge is 0.484 e. The lowest BCUT2D eigenvalue weighted by Gasteiger charge is -2.20. The summed E-state index contributed by atoms with van der Waals surface area (Å²) in [5.74, 6) is 0.425. The van der Waals surface area contributed by atoms with E-state index in [1.54, 1.807) is 31.2 Å². The first kappa shape index (κ1) is 21.0. The Morgan fingerprint density at radius 2 is 1.93 bits per heavy atom. The Morgan fingerprint density at radius 1 is 1.26 bits per heavy atom. The number of halogens is 1. The first-order valence-electron chi connectivity index (χ1n) is 8.13. The van der Waals surface area contributed by atoms with Gasteiger partial charge in [-0.3, -0.25) is 10.1 Å². The molecule has 2 N–H and O–H groups in total. The lowest BCUT2D eigenvalue weighted by atomic mass is 10.1. The second kappa shape index (κ2) is 9.09. The maximum absolute atomic E-state index is 12.1. The van der Waals surface area contributed by atoms with Crippen molar-refractivity contribution in [1.82, 2.24) is 20.8 Å². The highest BCUT2D eigenvalue weighted by Crippen LogP contribution is 2.23. The zero-order valence-corrected chi connectivity index (χ0v) is 17.0. The third kappa shape index (κ3) is 7.48. The van der Waals surface area contributed by atoms with Crippen LogP contribution in [-0.2, 0) is 11.4 Å². The van der Waals surface area contributed by atoms with Crippen molar-refractivity contribution >= 4 is 35.3 Å². The topological polar surface area (TPSA) is 106 Å². The van der Waals surface area contributed by atoms with Gasteiger partial charge in [0.2, 0.25) is 5.91 Å². The molecular formula is C17H21ClN4O4S. The van der Waals surface area contributed by atoms with Crippen molar-refractivity contribution in [3.63, 3.8) is 0 Å². The van der Waals surface area contributed by atoms with Crippen LogP contribution in [-0.4, -0.2) is 32.9 Å². The molecule has 2 aromatic rings. The molecule has 1 atom stereocenters. The van der Waals surface area contributed by atoms with E-state index >= 15 is 0 Å². The zero-order chi connectivity index (χ0) is 20.0. The Labute approximate surface area is 166 Å². The summed E-state index contributed by atoms with van der Waals surface area (Å²) in [7, 11) is 0. The van der Waals surface area contributed by atoms with Gasteiger partial charge >= 0.3 is 6.03 Å². The smallest absolute Gasteiger partial charge is 0.321 e. The average Bonchev–Trinajstić information content (AvgIpc) is 3.00. The summed E-state index contributed by atoms with van der Waals surface area (Å²) in [6, 6.07) is 6.32. The normalized spacial score (nSPS) is 12.3. The van der Waals surface area contributed by atoms with Gasteiger partial charge in [0.05, 0.1) is 5.25 Å². The minimum Gasteiger partial charge on any atom is -0.484 e. The van der Waals surface area contributed by atoms with Crippen LogP contribution in [0.1, 0.15) is 33.6 Å². The molecule has 10 heteroatoms. The van der Waals surface area contributed by atoms with Gasteiger partial charge in [-0.15, -0.1) is 10.2 Å².